The van der Waals surface area contributed by atoms with Crippen LogP contribution in [0.3, 0.4) is 0 Å². The maximum Gasteiger partial charge on any atom is 0.341 e. The van der Waals surface area contributed by atoms with Gasteiger partial charge in [-0.1, -0.05) is 68.4 Å². The zero-order valence-electron chi connectivity index (χ0n) is 21.1. The Morgan fingerprint density at radius 3 is 1.97 bits per heavy atom. The van der Waals surface area contributed by atoms with Crippen LogP contribution in [0.25, 0.3) is 22.4 Å². The normalized spacial score (nSPS) is 11.3. The summed E-state index contributed by atoms with van der Waals surface area (Å²) < 4.78 is 3.23. The first kappa shape index (κ1) is 25.3. The number of hydrogen-bond donors (Lipinski definition) is 1. The molecule has 0 saturated carbocycles. The van der Waals surface area contributed by atoms with Crippen LogP contribution in [0.1, 0.15) is 25.8 Å². The first-order valence-corrected chi connectivity index (χ1v) is 12.8. The molecule has 0 spiro atoms. The number of rotatable bonds is 7. The fourth-order valence-electron chi connectivity index (χ4n) is 4.54. The number of anilines is 2. The first-order valence-electron chi connectivity index (χ1n) is 12.5. The van der Waals surface area contributed by atoms with E-state index in [1.807, 2.05) is 36.4 Å². The lowest BCUT2D eigenvalue weighted by Gasteiger charge is -2.19. The van der Waals surface area contributed by atoms with E-state index in [1.54, 1.807) is 48.5 Å². The molecule has 5 aromatic rings. The number of halogens is 1. The maximum absolute atomic E-state index is 14.0. The highest BCUT2D eigenvalue weighted by Crippen LogP contribution is 2.27. The van der Waals surface area contributed by atoms with Crippen molar-refractivity contribution >= 4 is 34.2 Å². The van der Waals surface area contributed by atoms with E-state index in [9.17, 15) is 14.4 Å². The molecule has 0 radical (unpaired) electrons. The Hall–Kier alpha value is -4.36. The van der Waals surface area contributed by atoms with Crippen molar-refractivity contribution in [2.45, 2.75) is 26.7 Å². The second kappa shape index (κ2) is 10.6. The van der Waals surface area contributed by atoms with Crippen molar-refractivity contribution in [3.8, 4) is 11.4 Å². The molecule has 7 nitrogen and oxygen atoms in total. The van der Waals surface area contributed by atoms with Gasteiger partial charge < -0.3 is 5.32 Å². The number of aromatic nitrogens is 3. The van der Waals surface area contributed by atoms with Crippen LogP contribution in [0.15, 0.2) is 105 Å². The van der Waals surface area contributed by atoms with Crippen LogP contribution in [0, 0.1) is 5.92 Å². The van der Waals surface area contributed by atoms with E-state index in [0.29, 0.717) is 17.3 Å². The predicted molar refractivity (Wildman–Crippen MR) is 154 cm³/mol. The molecule has 3 aromatic carbocycles. The lowest BCUT2D eigenvalue weighted by atomic mass is 10.0. The van der Waals surface area contributed by atoms with Crippen LogP contribution in [0.2, 0.25) is 0 Å². The molecule has 0 bridgehead atoms. The summed E-state index contributed by atoms with van der Waals surface area (Å²) in [6.07, 6.45) is 1.81. The van der Waals surface area contributed by atoms with Crippen LogP contribution in [0.4, 0.5) is 11.4 Å². The molecule has 2 heterocycles. The molecule has 8 heteroatoms. The molecular formula is C30H27ClN4O3. The molecule has 0 amide bonds. The largest absolute Gasteiger partial charge is 0.354 e. The van der Waals surface area contributed by atoms with E-state index in [1.165, 1.54) is 10.6 Å². The number of hydrogen-bond acceptors (Lipinski definition) is 4. The highest BCUT2D eigenvalue weighted by Gasteiger charge is 2.22. The minimum Gasteiger partial charge on any atom is -0.354 e. The Morgan fingerprint density at radius 2 is 1.34 bits per heavy atom. The van der Waals surface area contributed by atoms with Crippen LogP contribution < -0.4 is 22.1 Å². The fourth-order valence-corrected chi connectivity index (χ4v) is 4.75. The number of pyridine rings is 1. The van der Waals surface area contributed by atoms with Gasteiger partial charge in [0.2, 0.25) is 0 Å². The summed E-state index contributed by atoms with van der Waals surface area (Å²) in [5.41, 5.74) is 1.20. The van der Waals surface area contributed by atoms with Crippen molar-refractivity contribution in [2.24, 2.45) is 5.92 Å². The molecule has 0 unspecified atom stereocenters. The number of nitrogens with zero attached hydrogens (tertiary/aromatic N) is 3. The average Bonchev–Trinajstić information content (AvgIpc) is 2.92. The van der Waals surface area contributed by atoms with Crippen LogP contribution >= 0.6 is 11.8 Å². The molecule has 0 atom stereocenters. The standard InChI is InChI=1S/C30H27ClN4O3/c1-20(2)17-18-21-11-9-10-16-24(21)32-25-19-26(36)35(31)28-27(25)29(37)34(23-14-7-4-8-15-23)30(38)33(28)22-12-5-3-6-13-22/h3-16,19-20,32H,17-18H2,1-2H3. The van der Waals surface area contributed by atoms with Crippen molar-refractivity contribution in [3.63, 3.8) is 0 Å². The molecular weight excluding hydrogens is 500 g/mol. The zero-order chi connectivity index (χ0) is 26.8. The van der Waals surface area contributed by atoms with Gasteiger partial charge in [0.05, 0.1) is 17.1 Å². The van der Waals surface area contributed by atoms with Crippen LogP contribution in [-0.4, -0.2) is 13.2 Å². The van der Waals surface area contributed by atoms with Gasteiger partial charge in [-0.25, -0.2) is 18.0 Å². The van der Waals surface area contributed by atoms with Gasteiger partial charge in [0.15, 0.2) is 5.65 Å². The van der Waals surface area contributed by atoms with Gasteiger partial charge in [-0.3, -0.25) is 9.59 Å². The lowest BCUT2D eigenvalue weighted by molar-refractivity contribution is 0.587. The van der Waals surface area contributed by atoms with Gasteiger partial charge in [-0.05, 0) is 54.7 Å². The second-order valence-electron chi connectivity index (χ2n) is 9.52. The topological polar surface area (TPSA) is 78.0 Å². The van der Waals surface area contributed by atoms with Gasteiger partial charge >= 0.3 is 5.69 Å². The van der Waals surface area contributed by atoms with Crippen molar-refractivity contribution in [1.82, 2.24) is 13.2 Å². The quantitative estimate of drug-likeness (QED) is 0.298. The molecule has 0 aliphatic heterocycles. The van der Waals surface area contributed by atoms with E-state index in [0.717, 1.165) is 32.7 Å². The smallest absolute Gasteiger partial charge is 0.341 e. The SMILES string of the molecule is CC(C)CCc1ccccc1Nc1cc(=O)n(Cl)c2c1c(=O)n(-c1ccccc1)c(=O)n2-c1ccccc1. The van der Waals surface area contributed by atoms with Crippen molar-refractivity contribution in [3.05, 3.63) is 128 Å². The van der Waals surface area contributed by atoms with Gasteiger partial charge in [-0.2, -0.15) is 0 Å². The summed E-state index contributed by atoms with van der Waals surface area (Å²) in [7, 11) is 0. The predicted octanol–water partition coefficient (Wildman–Crippen LogP) is 5.64. The Balaban J connectivity index is 1.86. The molecule has 38 heavy (non-hydrogen) atoms. The number of fused-ring (bicyclic) bond motifs is 1. The third-order valence-electron chi connectivity index (χ3n) is 6.46. The van der Waals surface area contributed by atoms with Crippen molar-refractivity contribution in [2.75, 3.05) is 5.32 Å². The summed E-state index contributed by atoms with van der Waals surface area (Å²) in [6, 6.07) is 26.6. The molecule has 2 aromatic heterocycles. The number of aryl methyl sites for hydroxylation is 1. The molecule has 1 N–H and O–H groups in total. The minimum atomic E-state index is -0.636. The van der Waals surface area contributed by atoms with Crippen molar-refractivity contribution in [1.29, 1.82) is 0 Å². The Bertz CT molecular complexity index is 1790. The van der Waals surface area contributed by atoms with Gasteiger partial charge in [0, 0.05) is 23.5 Å². The van der Waals surface area contributed by atoms with Crippen LogP contribution in [0.5, 0.6) is 0 Å². The Kier molecular flexibility index (Phi) is 7.03. The highest BCUT2D eigenvalue weighted by atomic mass is 35.5. The monoisotopic (exact) mass is 526 g/mol. The minimum absolute atomic E-state index is 0.00490. The summed E-state index contributed by atoms with van der Waals surface area (Å²) in [4.78, 5) is 41.0. The number of benzene rings is 3. The van der Waals surface area contributed by atoms with Crippen molar-refractivity contribution < 1.29 is 0 Å². The molecule has 0 saturated heterocycles. The summed E-state index contributed by atoms with van der Waals surface area (Å²) in [5, 5.41) is 3.44. The summed E-state index contributed by atoms with van der Waals surface area (Å²) in [6.45, 7) is 4.33. The van der Waals surface area contributed by atoms with Gasteiger partial charge in [-0.15, -0.1) is 0 Å². The van der Waals surface area contributed by atoms with Gasteiger partial charge in [0.25, 0.3) is 11.1 Å². The Labute approximate surface area is 224 Å². The average molecular weight is 527 g/mol. The molecule has 192 valence electrons. The molecule has 0 fully saturated rings. The molecule has 5 rings (SSSR count). The van der Waals surface area contributed by atoms with Crippen LogP contribution in [-0.2, 0) is 6.42 Å². The van der Waals surface area contributed by atoms with E-state index >= 15 is 0 Å². The second-order valence-corrected chi connectivity index (χ2v) is 9.86. The number of nitrogens with one attached hydrogen (secondary N) is 1. The third-order valence-corrected chi connectivity index (χ3v) is 6.78. The summed E-state index contributed by atoms with van der Waals surface area (Å²) in [5.74, 6) is 0.516. The lowest BCUT2D eigenvalue weighted by Crippen LogP contribution is -2.40. The van der Waals surface area contributed by atoms with Gasteiger partial charge in [0.1, 0.15) is 5.39 Å². The summed E-state index contributed by atoms with van der Waals surface area (Å²) >= 11 is 6.48. The Morgan fingerprint density at radius 1 is 0.763 bits per heavy atom. The maximum atomic E-state index is 14.0. The fraction of sp³-hybridized carbons (Fsp3) is 0.167. The molecule has 0 aliphatic carbocycles. The zero-order valence-corrected chi connectivity index (χ0v) is 21.9. The van der Waals surface area contributed by atoms with E-state index < -0.39 is 16.8 Å². The third kappa shape index (κ3) is 4.68. The first-order chi connectivity index (χ1) is 18.4. The van der Waals surface area contributed by atoms with E-state index in [4.69, 9.17) is 11.8 Å². The number of para-hydroxylation sites is 3. The molecule has 0 aliphatic rings. The van der Waals surface area contributed by atoms with E-state index in [-0.39, 0.29) is 16.7 Å². The van der Waals surface area contributed by atoms with E-state index in [2.05, 4.69) is 19.2 Å². The highest BCUT2D eigenvalue weighted by molar-refractivity contribution is 6.19.